The van der Waals surface area contributed by atoms with Gasteiger partial charge in [-0.05, 0) is 35.7 Å². The Bertz CT molecular complexity index is 831. The summed E-state index contributed by atoms with van der Waals surface area (Å²) in [5.74, 6) is -0.715. The van der Waals surface area contributed by atoms with Crippen LogP contribution in [0.15, 0.2) is 42.5 Å². The van der Waals surface area contributed by atoms with Gasteiger partial charge in [-0.1, -0.05) is 24.3 Å². The van der Waals surface area contributed by atoms with Gasteiger partial charge in [0.1, 0.15) is 0 Å². The van der Waals surface area contributed by atoms with E-state index in [-0.39, 0.29) is 17.9 Å². The number of rotatable bonds is 4. The summed E-state index contributed by atoms with van der Waals surface area (Å²) in [5, 5.41) is 5.32. The molecule has 0 unspecified atom stereocenters. The minimum atomic E-state index is -4.28. The van der Waals surface area contributed by atoms with Gasteiger partial charge in [-0.3, -0.25) is 9.59 Å². The van der Waals surface area contributed by atoms with Gasteiger partial charge in [-0.15, -0.1) is 0 Å². The van der Waals surface area contributed by atoms with E-state index in [1.807, 2.05) is 0 Å². The zero-order valence-electron chi connectivity index (χ0n) is 13.1. The average Bonchev–Trinajstić information content (AvgIpc) is 2.93. The summed E-state index contributed by atoms with van der Waals surface area (Å²) in [6, 6.07) is 11.2. The molecule has 2 N–H and O–H groups in total. The van der Waals surface area contributed by atoms with Crippen molar-refractivity contribution in [3.63, 3.8) is 0 Å². The fourth-order valence-electron chi connectivity index (χ4n) is 2.73. The number of nitrogens with one attached hydrogen (secondary N) is 2. The highest BCUT2D eigenvalue weighted by Crippen LogP contribution is 2.24. The van der Waals surface area contributed by atoms with E-state index in [0.29, 0.717) is 23.4 Å². The van der Waals surface area contributed by atoms with Crippen molar-refractivity contribution >= 4 is 17.5 Å². The van der Waals surface area contributed by atoms with Crippen LogP contribution in [0.4, 0.5) is 18.9 Å². The fraction of sp³-hybridized carbons (Fsp3) is 0.222. The van der Waals surface area contributed by atoms with E-state index in [1.165, 1.54) is 12.1 Å². The summed E-state index contributed by atoms with van der Waals surface area (Å²) in [4.78, 5) is 24.1. The maximum absolute atomic E-state index is 12.4. The smallest absolute Gasteiger partial charge is 0.348 e. The normalized spacial score (nSPS) is 13.3. The predicted octanol–water partition coefficient (Wildman–Crippen LogP) is 3.68. The Hall–Kier alpha value is -2.83. The second-order valence-corrected chi connectivity index (χ2v) is 5.78. The first-order valence-corrected chi connectivity index (χ1v) is 7.70. The Labute approximate surface area is 142 Å². The number of hydrogen-bond acceptors (Lipinski definition) is 2. The van der Waals surface area contributed by atoms with Crippen LogP contribution >= 0.6 is 0 Å². The lowest BCUT2D eigenvalue weighted by atomic mass is 10.0. The minimum absolute atomic E-state index is 0.191. The number of anilines is 1. The average molecular weight is 348 g/mol. The molecule has 0 aromatic heterocycles. The first-order valence-electron chi connectivity index (χ1n) is 7.70. The van der Waals surface area contributed by atoms with E-state index < -0.39 is 18.5 Å². The number of carbonyl (C=O) groups excluding carboxylic acids is 2. The lowest BCUT2D eigenvalue weighted by Gasteiger charge is -2.12. The van der Waals surface area contributed by atoms with Gasteiger partial charge in [0.15, 0.2) is 0 Å². The van der Waals surface area contributed by atoms with Gasteiger partial charge in [0, 0.05) is 29.8 Å². The van der Waals surface area contributed by atoms with Crippen LogP contribution in [0.5, 0.6) is 0 Å². The number of hydrogen-bond donors (Lipinski definition) is 2. The number of halogens is 3. The highest BCUT2D eigenvalue weighted by atomic mass is 19.4. The Morgan fingerprint density at radius 3 is 2.68 bits per heavy atom. The molecule has 2 amide bonds. The lowest BCUT2D eigenvalue weighted by Crippen LogP contribution is -2.16. The summed E-state index contributed by atoms with van der Waals surface area (Å²) in [6.45, 7) is 0.447. The van der Waals surface area contributed by atoms with Crippen LogP contribution in [0.25, 0.3) is 0 Å². The maximum Gasteiger partial charge on any atom is 0.389 e. The molecule has 4 nitrogen and oxygen atoms in total. The molecule has 2 aromatic carbocycles. The summed E-state index contributed by atoms with van der Waals surface area (Å²) in [5.41, 5.74) is 2.27. The molecule has 1 heterocycles. The van der Waals surface area contributed by atoms with Gasteiger partial charge in [-0.2, -0.15) is 13.2 Å². The van der Waals surface area contributed by atoms with Crippen LogP contribution in [-0.2, 0) is 13.0 Å². The topological polar surface area (TPSA) is 58.2 Å². The van der Waals surface area contributed by atoms with Gasteiger partial charge >= 0.3 is 6.18 Å². The minimum Gasteiger partial charge on any atom is -0.348 e. The fourth-order valence-corrected chi connectivity index (χ4v) is 2.73. The summed E-state index contributed by atoms with van der Waals surface area (Å²) in [6.07, 6.45) is -5.53. The molecule has 130 valence electrons. The van der Waals surface area contributed by atoms with E-state index >= 15 is 0 Å². The number of aryl methyl sites for hydroxylation is 1. The van der Waals surface area contributed by atoms with Gasteiger partial charge < -0.3 is 10.6 Å². The summed E-state index contributed by atoms with van der Waals surface area (Å²) >= 11 is 0. The summed E-state index contributed by atoms with van der Waals surface area (Å²) < 4.78 is 37.3. The molecule has 1 aliphatic rings. The Balaban J connectivity index is 1.78. The largest absolute Gasteiger partial charge is 0.389 e. The van der Waals surface area contributed by atoms with Crippen molar-refractivity contribution in [2.45, 2.75) is 25.6 Å². The molecule has 0 bridgehead atoms. The van der Waals surface area contributed by atoms with Crippen molar-refractivity contribution in [1.29, 1.82) is 0 Å². The molecule has 0 spiro atoms. The maximum atomic E-state index is 12.4. The highest BCUT2D eigenvalue weighted by Gasteiger charge is 2.27. The van der Waals surface area contributed by atoms with Crippen LogP contribution < -0.4 is 10.6 Å². The van der Waals surface area contributed by atoms with Gasteiger partial charge in [-0.25, -0.2) is 0 Å². The van der Waals surface area contributed by atoms with Crippen molar-refractivity contribution in [3.8, 4) is 0 Å². The molecule has 0 aliphatic carbocycles. The Kier molecular flexibility index (Phi) is 4.48. The van der Waals surface area contributed by atoms with E-state index in [0.717, 1.165) is 5.56 Å². The van der Waals surface area contributed by atoms with Crippen LogP contribution in [0.1, 0.15) is 38.3 Å². The molecular formula is C18H15F3N2O2. The molecule has 3 rings (SSSR count). The molecule has 0 saturated carbocycles. The first-order chi connectivity index (χ1) is 11.8. The monoisotopic (exact) mass is 348 g/mol. The van der Waals surface area contributed by atoms with Crippen LogP contribution in [0.3, 0.4) is 0 Å². The van der Waals surface area contributed by atoms with E-state index in [1.54, 1.807) is 30.3 Å². The van der Waals surface area contributed by atoms with E-state index in [2.05, 4.69) is 10.6 Å². The summed E-state index contributed by atoms with van der Waals surface area (Å²) in [7, 11) is 0. The third-order valence-corrected chi connectivity index (χ3v) is 3.99. The van der Waals surface area contributed by atoms with Crippen molar-refractivity contribution in [2.24, 2.45) is 0 Å². The number of carbonyl (C=O) groups is 2. The van der Waals surface area contributed by atoms with Crippen molar-refractivity contribution in [3.05, 3.63) is 64.7 Å². The molecule has 25 heavy (non-hydrogen) atoms. The third kappa shape index (κ3) is 3.99. The third-order valence-electron chi connectivity index (χ3n) is 3.99. The van der Waals surface area contributed by atoms with Crippen molar-refractivity contribution in [1.82, 2.24) is 5.32 Å². The number of amides is 2. The molecule has 7 heteroatoms. The SMILES string of the molecule is O=C1NCc2ccc(NC(=O)c3ccccc3CCC(F)(F)F)cc21. The van der Waals surface area contributed by atoms with Gasteiger partial charge in [0.05, 0.1) is 0 Å². The molecular weight excluding hydrogens is 333 g/mol. The lowest BCUT2D eigenvalue weighted by molar-refractivity contribution is -0.134. The van der Waals surface area contributed by atoms with Crippen LogP contribution in [0.2, 0.25) is 0 Å². The van der Waals surface area contributed by atoms with E-state index in [9.17, 15) is 22.8 Å². The van der Waals surface area contributed by atoms with E-state index in [4.69, 9.17) is 0 Å². The van der Waals surface area contributed by atoms with Crippen LogP contribution in [0, 0.1) is 0 Å². The predicted molar refractivity (Wildman–Crippen MR) is 86.4 cm³/mol. The highest BCUT2D eigenvalue weighted by molar-refractivity contribution is 6.06. The second-order valence-electron chi connectivity index (χ2n) is 5.78. The molecule has 0 atom stereocenters. The zero-order valence-corrected chi connectivity index (χ0v) is 13.1. The molecule has 0 saturated heterocycles. The number of fused-ring (bicyclic) bond motifs is 1. The first kappa shape index (κ1) is 17.0. The number of alkyl halides is 3. The standard InChI is InChI=1S/C18H15F3N2O2/c19-18(20,21)8-7-11-3-1-2-4-14(11)17(25)23-13-6-5-12-10-22-16(24)15(12)9-13/h1-6,9H,7-8,10H2,(H,22,24)(H,23,25). The molecule has 2 aromatic rings. The second kappa shape index (κ2) is 6.58. The van der Waals surface area contributed by atoms with Crippen molar-refractivity contribution in [2.75, 3.05) is 5.32 Å². The van der Waals surface area contributed by atoms with Crippen LogP contribution in [-0.4, -0.2) is 18.0 Å². The van der Waals surface area contributed by atoms with Gasteiger partial charge in [0.2, 0.25) is 0 Å². The molecule has 0 radical (unpaired) electrons. The zero-order chi connectivity index (χ0) is 18.0. The quantitative estimate of drug-likeness (QED) is 0.886. The van der Waals surface area contributed by atoms with Gasteiger partial charge in [0.25, 0.3) is 11.8 Å². The molecule has 0 fully saturated rings. The number of benzene rings is 2. The molecule has 1 aliphatic heterocycles. The van der Waals surface area contributed by atoms with Crippen molar-refractivity contribution < 1.29 is 22.8 Å². The Morgan fingerprint density at radius 1 is 1.16 bits per heavy atom. The Morgan fingerprint density at radius 2 is 1.92 bits per heavy atom.